The number of nitrogens with zero attached hydrogens (tertiary/aromatic N) is 1. The van der Waals surface area contributed by atoms with Crippen molar-refractivity contribution in [2.45, 2.75) is 124 Å². The lowest BCUT2D eigenvalue weighted by molar-refractivity contribution is -0.361. The van der Waals surface area contributed by atoms with Crippen LogP contribution in [0.5, 0.6) is 0 Å². The first-order valence-electron chi connectivity index (χ1n) is 10.4. The van der Waals surface area contributed by atoms with Crippen molar-refractivity contribution in [3.8, 4) is 0 Å². The van der Waals surface area contributed by atoms with E-state index in [1.54, 1.807) is 14.2 Å². The highest BCUT2D eigenvalue weighted by molar-refractivity contribution is 4.95. The minimum Gasteiger partial charge on any atom is -0.340 e. The Morgan fingerprint density at radius 2 is 1.16 bits per heavy atom. The second-order valence-electron chi connectivity index (χ2n) is 9.38. The zero-order valence-electron chi connectivity index (χ0n) is 19.0. The SMILES string of the molecule is CCCCCCCCC(CC)C(OC)(OC)N(C(C)(C)C)C(C)(C)C. The molecule has 0 aromatic rings. The van der Waals surface area contributed by atoms with Gasteiger partial charge in [-0.2, -0.15) is 0 Å². The molecule has 0 amide bonds. The molecule has 1 atom stereocenters. The van der Waals surface area contributed by atoms with E-state index in [4.69, 9.17) is 9.47 Å². The van der Waals surface area contributed by atoms with Crippen molar-refractivity contribution in [3.05, 3.63) is 0 Å². The molecule has 0 aliphatic heterocycles. The fourth-order valence-electron chi connectivity index (χ4n) is 4.54. The second kappa shape index (κ2) is 10.9. The summed E-state index contributed by atoms with van der Waals surface area (Å²) in [5.74, 6) is -0.332. The standard InChI is InChI=1S/C22H47NO2/c1-11-13-14-15-16-17-18-19(12-2)22(24-9,25-10)23(20(3,4)5)21(6,7)8/h19H,11-18H2,1-10H3. The van der Waals surface area contributed by atoms with Crippen LogP contribution in [0.1, 0.15) is 107 Å². The summed E-state index contributed by atoms with van der Waals surface area (Å²) in [6.45, 7) is 18.0. The summed E-state index contributed by atoms with van der Waals surface area (Å²) in [5, 5.41) is 0. The molecule has 3 nitrogen and oxygen atoms in total. The van der Waals surface area contributed by atoms with Gasteiger partial charge in [0.15, 0.2) is 0 Å². The number of ether oxygens (including phenoxy) is 2. The number of unbranched alkanes of at least 4 members (excludes halogenated alkanes) is 5. The van der Waals surface area contributed by atoms with Crippen LogP contribution >= 0.6 is 0 Å². The van der Waals surface area contributed by atoms with Gasteiger partial charge in [-0.25, -0.2) is 4.90 Å². The normalized spacial score (nSPS) is 15.0. The summed E-state index contributed by atoms with van der Waals surface area (Å²) in [6, 6.07) is 0. The number of hydrogen-bond donors (Lipinski definition) is 0. The van der Waals surface area contributed by atoms with E-state index in [9.17, 15) is 0 Å². The van der Waals surface area contributed by atoms with Crippen LogP contribution in [-0.4, -0.2) is 36.1 Å². The number of methoxy groups -OCH3 is 2. The molecule has 0 fully saturated rings. The summed E-state index contributed by atoms with van der Waals surface area (Å²) in [7, 11) is 3.61. The topological polar surface area (TPSA) is 21.7 Å². The Labute approximate surface area is 158 Å². The largest absolute Gasteiger partial charge is 0.340 e. The lowest BCUT2D eigenvalue weighted by Gasteiger charge is -2.57. The van der Waals surface area contributed by atoms with Crippen molar-refractivity contribution in [1.82, 2.24) is 4.90 Å². The highest BCUT2D eigenvalue weighted by Crippen LogP contribution is 2.42. The smallest absolute Gasteiger partial charge is 0.233 e. The molecular formula is C22H47NO2. The highest BCUT2D eigenvalue weighted by atomic mass is 16.7. The van der Waals surface area contributed by atoms with Crippen LogP contribution in [0.15, 0.2) is 0 Å². The quantitative estimate of drug-likeness (QED) is 0.290. The molecule has 0 aromatic heterocycles. The van der Waals surface area contributed by atoms with Gasteiger partial charge in [-0.1, -0.05) is 52.4 Å². The highest BCUT2D eigenvalue weighted by Gasteiger charge is 2.52. The predicted octanol–water partition coefficient (Wildman–Crippen LogP) is 6.61. The molecule has 0 rings (SSSR count). The van der Waals surface area contributed by atoms with Crippen molar-refractivity contribution < 1.29 is 9.47 Å². The van der Waals surface area contributed by atoms with Crippen molar-refractivity contribution in [3.63, 3.8) is 0 Å². The van der Waals surface area contributed by atoms with Gasteiger partial charge in [-0.05, 0) is 54.4 Å². The zero-order chi connectivity index (χ0) is 19.7. The van der Waals surface area contributed by atoms with Gasteiger partial charge in [0.05, 0.1) is 0 Å². The molecule has 0 saturated heterocycles. The molecule has 0 radical (unpaired) electrons. The van der Waals surface area contributed by atoms with Gasteiger partial charge >= 0.3 is 0 Å². The van der Waals surface area contributed by atoms with E-state index in [1.807, 2.05) is 0 Å². The zero-order valence-corrected chi connectivity index (χ0v) is 19.0. The Hall–Kier alpha value is -0.120. The van der Waals surface area contributed by atoms with Gasteiger partial charge in [0.2, 0.25) is 5.91 Å². The van der Waals surface area contributed by atoms with Crippen LogP contribution in [0.25, 0.3) is 0 Å². The summed E-state index contributed by atoms with van der Waals surface area (Å²) < 4.78 is 12.3. The lowest BCUT2D eigenvalue weighted by Crippen LogP contribution is -2.68. The minimum absolute atomic E-state index is 0.0567. The Bertz CT molecular complexity index is 323. The van der Waals surface area contributed by atoms with Crippen LogP contribution in [0.4, 0.5) is 0 Å². The maximum atomic E-state index is 6.15. The Morgan fingerprint density at radius 1 is 0.720 bits per heavy atom. The molecule has 1 unspecified atom stereocenters. The Kier molecular flexibility index (Phi) is 10.8. The maximum Gasteiger partial charge on any atom is 0.233 e. The molecule has 0 aliphatic rings. The third-order valence-corrected chi connectivity index (χ3v) is 5.15. The fraction of sp³-hybridized carbons (Fsp3) is 1.00. The molecule has 25 heavy (non-hydrogen) atoms. The van der Waals surface area contributed by atoms with Gasteiger partial charge in [0.1, 0.15) is 0 Å². The van der Waals surface area contributed by atoms with Crippen LogP contribution < -0.4 is 0 Å². The number of rotatable bonds is 12. The first-order valence-corrected chi connectivity index (χ1v) is 10.4. The van der Waals surface area contributed by atoms with E-state index in [0.717, 1.165) is 12.8 Å². The van der Waals surface area contributed by atoms with Crippen LogP contribution in [-0.2, 0) is 9.47 Å². The van der Waals surface area contributed by atoms with Crippen molar-refractivity contribution in [1.29, 1.82) is 0 Å². The van der Waals surface area contributed by atoms with Crippen LogP contribution in [0, 0.1) is 5.92 Å². The molecule has 0 saturated carbocycles. The van der Waals surface area contributed by atoms with E-state index in [1.165, 1.54) is 38.5 Å². The summed E-state index contributed by atoms with van der Waals surface area (Å²) in [6.07, 6.45) is 10.1. The first-order chi connectivity index (χ1) is 11.5. The fourth-order valence-corrected chi connectivity index (χ4v) is 4.54. The van der Waals surface area contributed by atoms with E-state index in [0.29, 0.717) is 5.92 Å². The average molecular weight is 358 g/mol. The van der Waals surface area contributed by atoms with Gasteiger partial charge in [-0.15, -0.1) is 0 Å². The van der Waals surface area contributed by atoms with Crippen molar-refractivity contribution >= 4 is 0 Å². The molecule has 0 bridgehead atoms. The molecule has 0 heterocycles. The van der Waals surface area contributed by atoms with E-state index < -0.39 is 5.91 Å². The third-order valence-electron chi connectivity index (χ3n) is 5.15. The van der Waals surface area contributed by atoms with Gasteiger partial charge < -0.3 is 9.47 Å². The summed E-state index contributed by atoms with van der Waals surface area (Å²) in [4.78, 5) is 2.43. The Balaban J connectivity index is 5.34. The van der Waals surface area contributed by atoms with E-state index in [-0.39, 0.29) is 11.1 Å². The van der Waals surface area contributed by atoms with E-state index >= 15 is 0 Å². The van der Waals surface area contributed by atoms with Crippen molar-refractivity contribution in [2.24, 2.45) is 5.92 Å². The second-order valence-corrected chi connectivity index (χ2v) is 9.38. The minimum atomic E-state index is -0.686. The molecule has 3 heteroatoms. The van der Waals surface area contributed by atoms with Gasteiger partial charge in [0.25, 0.3) is 0 Å². The summed E-state index contributed by atoms with van der Waals surface area (Å²) >= 11 is 0. The molecule has 152 valence electrons. The molecular weight excluding hydrogens is 310 g/mol. The van der Waals surface area contributed by atoms with Crippen LogP contribution in [0.3, 0.4) is 0 Å². The number of hydrogen-bond acceptors (Lipinski definition) is 3. The van der Waals surface area contributed by atoms with Gasteiger partial charge in [-0.3, -0.25) is 0 Å². The van der Waals surface area contributed by atoms with Crippen LogP contribution in [0.2, 0.25) is 0 Å². The first kappa shape index (κ1) is 24.9. The van der Waals surface area contributed by atoms with Gasteiger partial charge in [0, 0.05) is 31.2 Å². The molecule has 0 aromatic carbocycles. The Morgan fingerprint density at radius 3 is 1.52 bits per heavy atom. The lowest BCUT2D eigenvalue weighted by atomic mass is 9.86. The maximum absolute atomic E-state index is 6.15. The summed E-state index contributed by atoms with van der Waals surface area (Å²) in [5.41, 5.74) is -0.113. The van der Waals surface area contributed by atoms with Crippen molar-refractivity contribution in [2.75, 3.05) is 14.2 Å². The van der Waals surface area contributed by atoms with E-state index in [2.05, 4.69) is 60.3 Å². The predicted molar refractivity (Wildman–Crippen MR) is 110 cm³/mol. The molecule has 0 N–H and O–H groups in total. The third kappa shape index (κ3) is 7.19. The molecule has 0 aliphatic carbocycles. The average Bonchev–Trinajstić information content (AvgIpc) is 2.49. The monoisotopic (exact) mass is 357 g/mol. The molecule has 0 spiro atoms.